The molecule has 0 aliphatic carbocycles. The van der Waals surface area contributed by atoms with Gasteiger partial charge in [-0.05, 0) is 61.3 Å². The number of phenolic OH excluding ortho intramolecular Hbond substituents is 1. The van der Waals surface area contributed by atoms with E-state index in [-0.39, 0.29) is 43.8 Å². The van der Waals surface area contributed by atoms with Crippen LogP contribution >= 0.6 is 11.8 Å². The van der Waals surface area contributed by atoms with E-state index in [1.807, 2.05) is 13.8 Å². The summed E-state index contributed by atoms with van der Waals surface area (Å²) in [5.41, 5.74) is 12.0. The number of hydrogen-bond donors (Lipinski definition) is 7. The number of primary amides is 1. The molecule has 1 rings (SSSR count). The van der Waals surface area contributed by atoms with Crippen LogP contribution in [0.1, 0.15) is 45.1 Å². The first-order chi connectivity index (χ1) is 17.8. The van der Waals surface area contributed by atoms with Crippen molar-refractivity contribution in [2.24, 2.45) is 17.4 Å². The van der Waals surface area contributed by atoms with Gasteiger partial charge in [-0.15, -0.1) is 0 Å². The molecule has 0 bridgehead atoms. The highest BCUT2D eigenvalue weighted by Gasteiger charge is 2.30. The van der Waals surface area contributed by atoms with Crippen molar-refractivity contribution in [3.63, 3.8) is 0 Å². The topological polar surface area (TPSA) is 214 Å². The molecule has 0 fully saturated rings. The van der Waals surface area contributed by atoms with Gasteiger partial charge >= 0.3 is 5.97 Å². The average Bonchev–Trinajstić information content (AvgIpc) is 2.84. The molecule has 12 nitrogen and oxygen atoms in total. The molecule has 212 valence electrons. The average molecular weight is 554 g/mol. The SMILES string of the molecule is CSCCC(NC(=O)C(CCC(N)=O)NC(=O)C(CC(C)C)NC(=O)C(N)Cc1ccc(O)cc1)C(=O)O. The summed E-state index contributed by atoms with van der Waals surface area (Å²) in [4.78, 5) is 61.8. The Morgan fingerprint density at radius 2 is 1.45 bits per heavy atom. The summed E-state index contributed by atoms with van der Waals surface area (Å²) in [5.74, 6) is -3.39. The molecule has 0 spiro atoms. The molecule has 0 aliphatic heterocycles. The van der Waals surface area contributed by atoms with Gasteiger partial charge in [0.15, 0.2) is 0 Å². The van der Waals surface area contributed by atoms with Crippen LogP contribution in [0, 0.1) is 5.92 Å². The number of carbonyl (C=O) groups is 5. The number of hydrogen-bond acceptors (Lipinski definition) is 8. The van der Waals surface area contributed by atoms with Gasteiger partial charge in [0.05, 0.1) is 6.04 Å². The van der Waals surface area contributed by atoms with E-state index in [0.29, 0.717) is 11.3 Å². The fourth-order valence-corrected chi connectivity index (χ4v) is 4.02. The van der Waals surface area contributed by atoms with Gasteiger partial charge in [0.25, 0.3) is 0 Å². The number of nitrogens with one attached hydrogen (secondary N) is 3. The van der Waals surface area contributed by atoms with Crippen molar-refractivity contribution in [1.82, 2.24) is 16.0 Å². The zero-order valence-electron chi connectivity index (χ0n) is 21.9. The number of amides is 4. The molecule has 13 heteroatoms. The molecule has 0 radical (unpaired) electrons. The van der Waals surface area contributed by atoms with Crippen LogP contribution in [0.4, 0.5) is 0 Å². The van der Waals surface area contributed by atoms with E-state index in [9.17, 15) is 34.2 Å². The highest BCUT2D eigenvalue weighted by molar-refractivity contribution is 7.98. The summed E-state index contributed by atoms with van der Waals surface area (Å²) >= 11 is 1.42. The summed E-state index contributed by atoms with van der Waals surface area (Å²) in [6.07, 6.45) is 2.00. The van der Waals surface area contributed by atoms with Crippen LogP contribution in [0.15, 0.2) is 24.3 Å². The first-order valence-electron chi connectivity index (χ1n) is 12.3. The van der Waals surface area contributed by atoms with E-state index in [2.05, 4.69) is 16.0 Å². The fraction of sp³-hybridized carbons (Fsp3) is 0.560. The van der Waals surface area contributed by atoms with Crippen molar-refractivity contribution in [1.29, 1.82) is 0 Å². The minimum absolute atomic E-state index is 0.0137. The molecule has 1 aromatic carbocycles. The van der Waals surface area contributed by atoms with Crippen LogP contribution in [0.5, 0.6) is 5.75 Å². The minimum atomic E-state index is -1.25. The maximum atomic E-state index is 13.2. The van der Waals surface area contributed by atoms with Crippen molar-refractivity contribution in [2.75, 3.05) is 12.0 Å². The number of rotatable bonds is 17. The number of carboxylic acid groups (broad SMARTS) is 1. The first-order valence-corrected chi connectivity index (χ1v) is 13.7. The number of carbonyl (C=O) groups excluding carboxylic acids is 4. The van der Waals surface area contributed by atoms with Crippen molar-refractivity contribution in [2.45, 2.75) is 70.1 Å². The maximum Gasteiger partial charge on any atom is 0.326 e. The van der Waals surface area contributed by atoms with E-state index >= 15 is 0 Å². The second-order valence-electron chi connectivity index (χ2n) is 9.41. The molecule has 4 atom stereocenters. The van der Waals surface area contributed by atoms with Crippen LogP contribution in [-0.2, 0) is 30.4 Å². The molecule has 0 saturated heterocycles. The highest BCUT2D eigenvalue weighted by atomic mass is 32.2. The fourth-order valence-electron chi connectivity index (χ4n) is 3.55. The van der Waals surface area contributed by atoms with Gasteiger partial charge in [0.2, 0.25) is 23.6 Å². The second kappa shape index (κ2) is 16.5. The second-order valence-corrected chi connectivity index (χ2v) is 10.4. The summed E-state index contributed by atoms with van der Waals surface area (Å²) < 4.78 is 0. The van der Waals surface area contributed by atoms with Crippen molar-refractivity contribution in [3.8, 4) is 5.75 Å². The Kier molecular flexibility index (Phi) is 14.2. The summed E-state index contributed by atoms with van der Waals surface area (Å²) in [6, 6.07) is 1.77. The third-order valence-corrected chi connectivity index (χ3v) is 6.25. The third kappa shape index (κ3) is 12.3. The lowest BCUT2D eigenvalue weighted by molar-refractivity contribution is -0.142. The number of benzene rings is 1. The number of nitrogens with two attached hydrogens (primary N) is 2. The van der Waals surface area contributed by atoms with Gasteiger partial charge in [-0.3, -0.25) is 19.2 Å². The van der Waals surface area contributed by atoms with Crippen molar-refractivity contribution >= 4 is 41.4 Å². The van der Waals surface area contributed by atoms with E-state index in [0.717, 1.165) is 0 Å². The van der Waals surface area contributed by atoms with Crippen LogP contribution in [-0.4, -0.2) is 76.0 Å². The number of phenols is 1. The van der Waals surface area contributed by atoms with Gasteiger partial charge < -0.3 is 37.6 Å². The summed E-state index contributed by atoms with van der Waals surface area (Å²) in [6.45, 7) is 3.70. The van der Waals surface area contributed by atoms with E-state index < -0.39 is 53.8 Å². The first kappa shape index (κ1) is 32.7. The zero-order chi connectivity index (χ0) is 28.8. The van der Waals surface area contributed by atoms with E-state index in [1.165, 1.54) is 23.9 Å². The Hall–Kier alpha value is -3.32. The Morgan fingerprint density at radius 1 is 0.895 bits per heavy atom. The van der Waals surface area contributed by atoms with Crippen LogP contribution in [0.25, 0.3) is 0 Å². The molecule has 4 unspecified atom stereocenters. The molecule has 4 amide bonds. The predicted molar refractivity (Wildman–Crippen MR) is 144 cm³/mol. The predicted octanol–water partition coefficient (Wildman–Crippen LogP) is -0.134. The zero-order valence-corrected chi connectivity index (χ0v) is 22.8. The third-order valence-electron chi connectivity index (χ3n) is 5.61. The molecular weight excluding hydrogens is 514 g/mol. The lowest BCUT2D eigenvalue weighted by atomic mass is 10.0. The Balaban J connectivity index is 2.98. The summed E-state index contributed by atoms with van der Waals surface area (Å²) in [5, 5.41) is 26.4. The molecule has 1 aromatic rings. The lowest BCUT2D eigenvalue weighted by Gasteiger charge is -2.26. The Bertz CT molecular complexity index is 958. The van der Waals surface area contributed by atoms with Crippen molar-refractivity contribution < 1.29 is 34.2 Å². The van der Waals surface area contributed by atoms with Crippen molar-refractivity contribution in [3.05, 3.63) is 29.8 Å². The van der Waals surface area contributed by atoms with Gasteiger partial charge in [-0.2, -0.15) is 11.8 Å². The molecule has 0 aliphatic rings. The number of aromatic hydroxyl groups is 1. The smallest absolute Gasteiger partial charge is 0.326 e. The Morgan fingerprint density at radius 3 is 1.97 bits per heavy atom. The van der Waals surface area contributed by atoms with Crippen LogP contribution < -0.4 is 27.4 Å². The molecule has 9 N–H and O–H groups in total. The van der Waals surface area contributed by atoms with Crippen LogP contribution in [0.3, 0.4) is 0 Å². The standard InChI is InChI=1S/C25H39N5O7S/c1-14(2)12-20(30-22(33)17(26)13-15-4-6-16(31)7-5-15)24(35)28-18(8-9-21(27)32)23(34)29-19(25(36)37)10-11-38-3/h4-7,14,17-20,31H,8-13,26H2,1-3H3,(H2,27,32)(H,28,35)(H,29,34)(H,30,33)(H,36,37). The monoisotopic (exact) mass is 553 g/mol. The van der Waals surface area contributed by atoms with Gasteiger partial charge in [-0.25, -0.2) is 4.79 Å². The van der Waals surface area contributed by atoms with Crippen LogP contribution in [0.2, 0.25) is 0 Å². The van der Waals surface area contributed by atoms with Gasteiger partial charge in [0.1, 0.15) is 23.9 Å². The van der Waals surface area contributed by atoms with E-state index in [1.54, 1.807) is 18.4 Å². The molecule has 0 aromatic heterocycles. The van der Waals surface area contributed by atoms with E-state index in [4.69, 9.17) is 11.5 Å². The normalized spacial score (nSPS) is 14.1. The quantitative estimate of drug-likeness (QED) is 0.137. The molecular formula is C25H39N5O7S. The lowest BCUT2D eigenvalue weighted by Crippen LogP contribution is -2.57. The van der Waals surface area contributed by atoms with Gasteiger partial charge in [0, 0.05) is 6.42 Å². The summed E-state index contributed by atoms with van der Waals surface area (Å²) in [7, 11) is 0. The largest absolute Gasteiger partial charge is 0.508 e. The minimum Gasteiger partial charge on any atom is -0.508 e. The highest BCUT2D eigenvalue weighted by Crippen LogP contribution is 2.12. The number of aliphatic carboxylic acids is 1. The Labute approximate surface area is 226 Å². The number of thioether (sulfide) groups is 1. The van der Waals surface area contributed by atoms with Gasteiger partial charge in [-0.1, -0.05) is 26.0 Å². The number of carboxylic acids is 1. The molecule has 38 heavy (non-hydrogen) atoms. The maximum absolute atomic E-state index is 13.2. The molecule has 0 saturated carbocycles. The molecule has 0 heterocycles.